The van der Waals surface area contributed by atoms with E-state index in [-0.39, 0.29) is 11.8 Å². The highest BCUT2D eigenvalue weighted by molar-refractivity contribution is 8.12. The Morgan fingerprint density at radius 1 is 1.88 bits per heavy atom. The van der Waals surface area contributed by atoms with Crippen molar-refractivity contribution < 1.29 is 9.90 Å². The zero-order valence-corrected chi connectivity index (χ0v) is 5.49. The number of carbonyl (C=O) groups is 1. The van der Waals surface area contributed by atoms with Crippen LogP contribution in [0.1, 0.15) is 0 Å². The van der Waals surface area contributed by atoms with Gasteiger partial charge in [0.2, 0.25) is 0 Å². The zero-order chi connectivity index (χ0) is 6.41. The normalized spacial score (nSPS) is 8.75. The number of amides is 1. The van der Waals surface area contributed by atoms with Crippen molar-refractivity contribution >= 4 is 17.0 Å². The molecule has 0 aromatic rings. The number of aliphatic hydroxyl groups excluding tert-OH is 1. The Morgan fingerprint density at radius 3 is 2.88 bits per heavy atom. The summed E-state index contributed by atoms with van der Waals surface area (Å²) in [5, 5.41) is 10.5. The second kappa shape index (κ2) is 4.93. The van der Waals surface area contributed by atoms with Crippen molar-refractivity contribution in [1.82, 2.24) is 5.32 Å². The third-order valence-corrected chi connectivity index (χ3v) is 1.08. The van der Waals surface area contributed by atoms with Crippen LogP contribution in [0.15, 0.2) is 0 Å². The van der Waals surface area contributed by atoms with Crippen LogP contribution in [0.25, 0.3) is 0 Å². The Bertz CT molecular complexity index is 76.4. The Kier molecular flexibility index (Phi) is 4.79. The Labute approximate surface area is 52.5 Å². The molecule has 0 atom stereocenters. The van der Waals surface area contributed by atoms with Crippen LogP contribution in [0.3, 0.4) is 0 Å². The van der Waals surface area contributed by atoms with Crippen molar-refractivity contribution in [3.8, 4) is 0 Å². The molecule has 0 aromatic carbocycles. The molecule has 0 bridgehead atoms. The molecule has 0 rings (SSSR count). The lowest BCUT2D eigenvalue weighted by molar-refractivity contribution is 0.253. The van der Waals surface area contributed by atoms with Gasteiger partial charge >= 0.3 is 0 Å². The second-order valence-corrected chi connectivity index (χ2v) is 1.92. The van der Waals surface area contributed by atoms with Crippen LogP contribution in [0.2, 0.25) is 0 Å². The van der Waals surface area contributed by atoms with Crippen LogP contribution in [-0.4, -0.2) is 29.8 Å². The van der Waals surface area contributed by atoms with E-state index in [0.717, 1.165) is 11.8 Å². The smallest absolute Gasteiger partial charge is 0.278 e. The summed E-state index contributed by atoms with van der Waals surface area (Å²) in [7, 11) is 0. The van der Waals surface area contributed by atoms with Gasteiger partial charge in [-0.25, -0.2) is 0 Å². The molecule has 0 radical (unpaired) electrons. The summed E-state index contributed by atoms with van der Waals surface area (Å²) in [5.41, 5.74) is 0. The van der Waals surface area contributed by atoms with Gasteiger partial charge in [0, 0.05) is 6.54 Å². The van der Waals surface area contributed by atoms with Gasteiger partial charge in [-0.2, -0.15) is 0 Å². The first-order valence-electron chi connectivity index (χ1n) is 2.24. The lowest BCUT2D eigenvalue weighted by Gasteiger charge is -1.96. The van der Waals surface area contributed by atoms with Crippen LogP contribution in [0.4, 0.5) is 4.79 Å². The van der Waals surface area contributed by atoms with E-state index in [1.165, 1.54) is 0 Å². The van der Waals surface area contributed by atoms with E-state index < -0.39 is 0 Å². The minimum Gasteiger partial charge on any atom is -0.395 e. The molecule has 0 saturated heterocycles. The van der Waals surface area contributed by atoms with Crippen LogP contribution in [0.5, 0.6) is 0 Å². The Morgan fingerprint density at radius 2 is 2.50 bits per heavy atom. The molecule has 0 aliphatic carbocycles. The molecule has 2 N–H and O–H groups in total. The van der Waals surface area contributed by atoms with Crippen LogP contribution in [-0.2, 0) is 0 Å². The largest absolute Gasteiger partial charge is 0.395 e. The first-order chi connectivity index (χ1) is 3.81. The van der Waals surface area contributed by atoms with Gasteiger partial charge in [0.05, 0.1) is 6.61 Å². The molecular formula is C4H9NO2S. The minimum absolute atomic E-state index is 0.00625. The topological polar surface area (TPSA) is 49.3 Å². The first kappa shape index (κ1) is 7.78. The fourth-order valence-electron chi connectivity index (χ4n) is 0.230. The quantitative estimate of drug-likeness (QED) is 0.562. The first-order valence-corrected chi connectivity index (χ1v) is 3.46. The standard InChI is InChI=1S/C4H9NO2S/c1-8-4(7)5-2-3-6/h6H,2-3H2,1H3,(H,5,7). The van der Waals surface area contributed by atoms with Crippen LogP contribution in [0, 0.1) is 0 Å². The molecule has 0 fully saturated rings. The summed E-state index contributed by atoms with van der Waals surface area (Å²) in [6.45, 7) is 0.353. The molecule has 0 unspecified atom stereocenters. The summed E-state index contributed by atoms with van der Waals surface area (Å²) in [6, 6.07) is 0. The number of carbonyl (C=O) groups excluding carboxylic acids is 1. The molecule has 48 valence electrons. The van der Waals surface area contributed by atoms with E-state index >= 15 is 0 Å². The fraction of sp³-hybridized carbons (Fsp3) is 0.750. The summed E-state index contributed by atoms with van der Waals surface area (Å²) in [4.78, 5) is 10.3. The molecule has 4 heteroatoms. The van der Waals surface area contributed by atoms with Crippen molar-refractivity contribution in [3.63, 3.8) is 0 Å². The summed E-state index contributed by atoms with van der Waals surface area (Å²) in [6.07, 6.45) is 1.69. The van der Waals surface area contributed by atoms with Crippen LogP contribution >= 0.6 is 11.8 Å². The number of aliphatic hydroxyl groups is 1. The van der Waals surface area contributed by atoms with Gasteiger partial charge in [-0.3, -0.25) is 4.79 Å². The zero-order valence-electron chi connectivity index (χ0n) is 4.68. The van der Waals surface area contributed by atoms with Gasteiger partial charge in [0.1, 0.15) is 0 Å². The van der Waals surface area contributed by atoms with E-state index in [2.05, 4.69) is 5.32 Å². The predicted octanol–water partition coefficient (Wildman–Crippen LogP) is 0.0513. The number of nitrogens with one attached hydrogen (secondary N) is 1. The lowest BCUT2D eigenvalue weighted by atomic mass is 10.7. The number of hydrogen-bond acceptors (Lipinski definition) is 3. The Hall–Kier alpha value is -0.220. The minimum atomic E-state index is -0.0981. The highest BCUT2D eigenvalue weighted by Gasteiger charge is 1.91. The van der Waals surface area contributed by atoms with Crippen molar-refractivity contribution in [2.75, 3.05) is 19.4 Å². The maximum absolute atomic E-state index is 10.3. The van der Waals surface area contributed by atoms with Gasteiger partial charge in [-0.05, 0) is 6.26 Å². The molecule has 8 heavy (non-hydrogen) atoms. The average molecular weight is 135 g/mol. The SMILES string of the molecule is CSC(=O)NCCO. The van der Waals surface area contributed by atoms with Gasteiger partial charge in [-0.15, -0.1) is 0 Å². The molecular weight excluding hydrogens is 126 g/mol. The molecule has 0 aliphatic heterocycles. The number of thioether (sulfide) groups is 1. The van der Waals surface area contributed by atoms with E-state index in [1.807, 2.05) is 0 Å². The van der Waals surface area contributed by atoms with Gasteiger partial charge in [-0.1, -0.05) is 11.8 Å². The maximum Gasteiger partial charge on any atom is 0.278 e. The van der Waals surface area contributed by atoms with Gasteiger partial charge < -0.3 is 10.4 Å². The molecule has 0 spiro atoms. The van der Waals surface area contributed by atoms with Crippen molar-refractivity contribution in [1.29, 1.82) is 0 Å². The van der Waals surface area contributed by atoms with Crippen molar-refractivity contribution in [2.24, 2.45) is 0 Å². The lowest BCUT2D eigenvalue weighted by Crippen LogP contribution is -2.21. The molecule has 0 aromatic heterocycles. The monoisotopic (exact) mass is 135 g/mol. The molecule has 3 nitrogen and oxygen atoms in total. The molecule has 0 heterocycles. The van der Waals surface area contributed by atoms with Gasteiger partial charge in [0.15, 0.2) is 0 Å². The van der Waals surface area contributed by atoms with Gasteiger partial charge in [0.25, 0.3) is 5.24 Å². The molecule has 0 saturated carbocycles. The summed E-state index contributed by atoms with van der Waals surface area (Å²) < 4.78 is 0. The Balaban J connectivity index is 2.99. The van der Waals surface area contributed by atoms with E-state index in [9.17, 15) is 4.79 Å². The fourth-order valence-corrected chi connectivity index (χ4v) is 0.477. The van der Waals surface area contributed by atoms with Crippen LogP contribution < -0.4 is 5.32 Å². The highest BCUT2D eigenvalue weighted by Crippen LogP contribution is 1.90. The predicted molar refractivity (Wildman–Crippen MR) is 34.0 cm³/mol. The highest BCUT2D eigenvalue weighted by atomic mass is 32.2. The van der Waals surface area contributed by atoms with Crippen molar-refractivity contribution in [2.45, 2.75) is 0 Å². The average Bonchev–Trinajstić information content (AvgIpc) is 1.83. The molecule has 1 amide bonds. The number of rotatable bonds is 2. The summed E-state index contributed by atoms with van der Waals surface area (Å²) in [5.74, 6) is 0. The number of hydrogen-bond donors (Lipinski definition) is 2. The van der Waals surface area contributed by atoms with Crippen molar-refractivity contribution in [3.05, 3.63) is 0 Å². The summed E-state index contributed by atoms with van der Waals surface area (Å²) >= 11 is 1.10. The van der Waals surface area contributed by atoms with E-state index in [0.29, 0.717) is 6.54 Å². The molecule has 0 aliphatic rings. The second-order valence-electron chi connectivity index (χ2n) is 1.14. The third-order valence-electron chi connectivity index (χ3n) is 0.567. The van der Waals surface area contributed by atoms with E-state index in [1.54, 1.807) is 6.26 Å². The third kappa shape index (κ3) is 3.95. The van der Waals surface area contributed by atoms with E-state index in [4.69, 9.17) is 5.11 Å². The maximum atomic E-state index is 10.3.